The number of guanidine groups is 1. The maximum atomic E-state index is 13.4. The molecule has 0 fully saturated rings. The average Bonchev–Trinajstić information content (AvgIpc) is 3.09. The molecule has 154 valence electrons. The monoisotopic (exact) mass is 426 g/mol. The van der Waals surface area contributed by atoms with Gasteiger partial charge in [0.2, 0.25) is 0 Å². The number of benzene rings is 1. The lowest BCUT2D eigenvalue weighted by Gasteiger charge is -2.29. The van der Waals surface area contributed by atoms with Crippen LogP contribution >= 0.6 is 22.9 Å². The molecule has 0 spiro atoms. The SMILES string of the molecule is CN=C(NCC(C)(C)c1ccc(F)cc1Cl)N(C)Cc1csc(C(C)OC)n1. The van der Waals surface area contributed by atoms with Gasteiger partial charge in [-0.15, -0.1) is 11.3 Å². The zero-order chi connectivity index (χ0) is 20.9. The van der Waals surface area contributed by atoms with Gasteiger partial charge in [0.15, 0.2) is 5.96 Å². The van der Waals surface area contributed by atoms with Gasteiger partial charge in [0, 0.05) is 43.6 Å². The number of ether oxygens (including phenoxy) is 1. The van der Waals surface area contributed by atoms with Crippen LogP contribution in [0, 0.1) is 5.82 Å². The van der Waals surface area contributed by atoms with Crippen LogP contribution in [-0.2, 0) is 16.7 Å². The van der Waals surface area contributed by atoms with E-state index in [0.717, 1.165) is 22.2 Å². The topological polar surface area (TPSA) is 49.8 Å². The summed E-state index contributed by atoms with van der Waals surface area (Å²) >= 11 is 7.84. The second-order valence-electron chi connectivity index (χ2n) is 7.32. The number of thiazole rings is 1. The Hall–Kier alpha value is -1.70. The molecule has 1 aromatic heterocycles. The first kappa shape index (κ1) is 22.6. The van der Waals surface area contributed by atoms with E-state index in [1.165, 1.54) is 12.1 Å². The summed E-state index contributed by atoms with van der Waals surface area (Å²) in [7, 11) is 5.39. The Labute approximate surface area is 175 Å². The van der Waals surface area contributed by atoms with Gasteiger partial charge in [0.25, 0.3) is 0 Å². The van der Waals surface area contributed by atoms with E-state index in [4.69, 9.17) is 16.3 Å². The summed E-state index contributed by atoms with van der Waals surface area (Å²) < 4.78 is 18.7. The van der Waals surface area contributed by atoms with Crippen LogP contribution in [-0.4, -0.2) is 43.6 Å². The van der Waals surface area contributed by atoms with E-state index < -0.39 is 0 Å². The highest BCUT2D eigenvalue weighted by atomic mass is 35.5. The van der Waals surface area contributed by atoms with Crippen molar-refractivity contribution in [1.29, 1.82) is 0 Å². The molecule has 0 aliphatic rings. The van der Waals surface area contributed by atoms with Gasteiger partial charge in [0.05, 0.1) is 12.2 Å². The molecule has 0 saturated carbocycles. The number of halogens is 2. The molecule has 0 aliphatic carbocycles. The first-order valence-corrected chi connectivity index (χ1v) is 10.3. The van der Waals surface area contributed by atoms with E-state index in [0.29, 0.717) is 18.1 Å². The first-order chi connectivity index (χ1) is 13.2. The lowest BCUT2D eigenvalue weighted by Crippen LogP contribution is -2.44. The largest absolute Gasteiger partial charge is 0.375 e. The number of methoxy groups -OCH3 is 1. The molecule has 1 atom stereocenters. The van der Waals surface area contributed by atoms with Crippen molar-refractivity contribution in [3.8, 4) is 0 Å². The van der Waals surface area contributed by atoms with E-state index >= 15 is 0 Å². The zero-order valence-corrected chi connectivity index (χ0v) is 18.8. The smallest absolute Gasteiger partial charge is 0.193 e. The molecule has 0 bridgehead atoms. The summed E-state index contributed by atoms with van der Waals surface area (Å²) in [5, 5.41) is 6.81. The van der Waals surface area contributed by atoms with Crippen LogP contribution in [0.3, 0.4) is 0 Å². The zero-order valence-electron chi connectivity index (χ0n) is 17.2. The van der Waals surface area contributed by atoms with Crippen LogP contribution in [0.2, 0.25) is 5.02 Å². The van der Waals surface area contributed by atoms with Gasteiger partial charge >= 0.3 is 0 Å². The molecule has 2 aromatic rings. The third kappa shape index (κ3) is 5.65. The van der Waals surface area contributed by atoms with Gasteiger partial charge in [-0.1, -0.05) is 31.5 Å². The van der Waals surface area contributed by atoms with E-state index in [1.807, 2.05) is 24.3 Å². The number of hydrogen-bond donors (Lipinski definition) is 1. The molecule has 8 heteroatoms. The highest BCUT2D eigenvalue weighted by Crippen LogP contribution is 2.30. The number of aliphatic imine (C=N–C) groups is 1. The summed E-state index contributed by atoms with van der Waals surface area (Å²) in [4.78, 5) is 11.0. The van der Waals surface area contributed by atoms with Gasteiger partial charge < -0.3 is 15.0 Å². The molecule has 28 heavy (non-hydrogen) atoms. The molecule has 5 nitrogen and oxygen atoms in total. The Morgan fingerprint density at radius 1 is 1.46 bits per heavy atom. The second-order valence-corrected chi connectivity index (χ2v) is 8.62. The number of nitrogens with one attached hydrogen (secondary N) is 1. The van der Waals surface area contributed by atoms with Gasteiger partial charge in [-0.3, -0.25) is 4.99 Å². The van der Waals surface area contributed by atoms with Crippen molar-refractivity contribution in [1.82, 2.24) is 15.2 Å². The summed E-state index contributed by atoms with van der Waals surface area (Å²) in [6.07, 6.45) is -0.0113. The van der Waals surface area contributed by atoms with Crippen molar-refractivity contribution >= 4 is 28.9 Å². The third-order valence-corrected chi connectivity index (χ3v) is 5.96. The van der Waals surface area contributed by atoms with E-state index in [-0.39, 0.29) is 17.3 Å². The molecule has 0 radical (unpaired) electrons. The van der Waals surface area contributed by atoms with E-state index in [2.05, 4.69) is 29.1 Å². The van der Waals surface area contributed by atoms with Crippen molar-refractivity contribution in [2.75, 3.05) is 27.7 Å². The molecular weight excluding hydrogens is 399 g/mol. The van der Waals surface area contributed by atoms with Gasteiger partial charge in [-0.05, 0) is 24.6 Å². The van der Waals surface area contributed by atoms with Crippen molar-refractivity contribution < 1.29 is 9.13 Å². The lowest BCUT2D eigenvalue weighted by molar-refractivity contribution is 0.119. The fourth-order valence-electron chi connectivity index (χ4n) is 2.82. The van der Waals surface area contributed by atoms with Crippen LogP contribution in [0.4, 0.5) is 4.39 Å². The van der Waals surface area contributed by atoms with Crippen molar-refractivity contribution in [2.24, 2.45) is 4.99 Å². The van der Waals surface area contributed by atoms with E-state index in [9.17, 15) is 4.39 Å². The normalized spacial score (nSPS) is 13.5. The Morgan fingerprint density at radius 2 is 2.18 bits per heavy atom. The predicted octanol–water partition coefficient (Wildman–Crippen LogP) is 4.63. The van der Waals surface area contributed by atoms with Crippen LogP contribution in [0.25, 0.3) is 0 Å². The van der Waals surface area contributed by atoms with Gasteiger partial charge in [-0.2, -0.15) is 0 Å². The molecule has 0 aliphatic heterocycles. The summed E-state index contributed by atoms with van der Waals surface area (Å²) in [5.41, 5.74) is 1.55. The number of rotatable bonds is 7. The number of aromatic nitrogens is 1. The van der Waals surface area contributed by atoms with Crippen molar-refractivity contribution in [3.63, 3.8) is 0 Å². The minimum absolute atomic E-state index is 0.0113. The second kappa shape index (κ2) is 9.67. The molecule has 0 amide bonds. The Bertz CT molecular complexity index is 824. The lowest BCUT2D eigenvalue weighted by atomic mass is 9.84. The van der Waals surface area contributed by atoms with Crippen molar-refractivity contribution in [3.05, 3.63) is 50.7 Å². The Kier molecular flexibility index (Phi) is 7.80. The first-order valence-electron chi connectivity index (χ1n) is 9.02. The Balaban J connectivity index is 2.02. The van der Waals surface area contributed by atoms with Gasteiger partial charge in [0.1, 0.15) is 16.9 Å². The predicted molar refractivity (Wildman–Crippen MR) is 115 cm³/mol. The minimum atomic E-state index is -0.335. The maximum absolute atomic E-state index is 13.4. The summed E-state index contributed by atoms with van der Waals surface area (Å²) in [6, 6.07) is 4.52. The molecular formula is C20H28ClFN4OS. The molecule has 1 N–H and O–H groups in total. The summed E-state index contributed by atoms with van der Waals surface area (Å²) in [6.45, 7) is 7.33. The maximum Gasteiger partial charge on any atom is 0.193 e. The van der Waals surface area contributed by atoms with Crippen LogP contribution < -0.4 is 5.32 Å². The standard InChI is InChI=1S/C20H28ClFN4OS/c1-13(27-6)18-25-15(11-28-18)10-26(5)19(23-4)24-12-20(2,3)16-8-7-14(22)9-17(16)21/h7-9,11,13H,10,12H2,1-6H3,(H,23,24). The third-order valence-electron chi connectivity index (χ3n) is 4.59. The molecule has 1 unspecified atom stereocenters. The molecule has 2 rings (SSSR count). The number of hydrogen-bond acceptors (Lipinski definition) is 4. The molecule has 0 saturated heterocycles. The average molecular weight is 427 g/mol. The van der Waals surface area contributed by atoms with Gasteiger partial charge in [-0.25, -0.2) is 9.37 Å². The highest BCUT2D eigenvalue weighted by molar-refractivity contribution is 7.09. The number of nitrogens with zero attached hydrogens (tertiary/aromatic N) is 3. The summed E-state index contributed by atoms with van der Waals surface area (Å²) in [5.74, 6) is 0.416. The van der Waals surface area contributed by atoms with Crippen molar-refractivity contribution in [2.45, 2.75) is 38.8 Å². The fraction of sp³-hybridized carbons (Fsp3) is 0.500. The van der Waals surface area contributed by atoms with Crippen LogP contribution in [0.5, 0.6) is 0 Å². The van der Waals surface area contributed by atoms with Crippen LogP contribution in [0.1, 0.15) is 43.1 Å². The highest BCUT2D eigenvalue weighted by Gasteiger charge is 2.24. The molecule has 1 aromatic carbocycles. The Morgan fingerprint density at radius 3 is 2.79 bits per heavy atom. The van der Waals surface area contributed by atoms with Crippen LogP contribution in [0.15, 0.2) is 28.6 Å². The quantitative estimate of drug-likeness (QED) is 0.518. The fourth-order valence-corrected chi connectivity index (χ4v) is 4.08. The molecule has 1 heterocycles. The van der Waals surface area contributed by atoms with E-state index in [1.54, 1.807) is 31.6 Å². The minimum Gasteiger partial charge on any atom is -0.375 e.